The number of fused-ring (bicyclic) bond motifs is 4. The maximum Gasteiger partial charge on any atom is 0.220 e. The van der Waals surface area contributed by atoms with Gasteiger partial charge in [-0.1, -0.05) is 72.3 Å². The van der Waals surface area contributed by atoms with Gasteiger partial charge in [-0.25, -0.2) is 0 Å². The third-order valence-corrected chi connectivity index (χ3v) is 6.64. The van der Waals surface area contributed by atoms with Crippen molar-refractivity contribution in [3.63, 3.8) is 0 Å². The van der Waals surface area contributed by atoms with E-state index < -0.39 is 0 Å². The number of amides is 1. The first-order valence-corrected chi connectivity index (χ1v) is 10.8. The van der Waals surface area contributed by atoms with Crippen LogP contribution in [0.3, 0.4) is 0 Å². The molecule has 2 nitrogen and oxygen atoms in total. The third kappa shape index (κ3) is 3.27. The fourth-order valence-electron chi connectivity index (χ4n) is 5.20. The smallest absolute Gasteiger partial charge is 0.220 e. The SMILES string of the molecule is CNC(=O)CC1CC(c2cccc(C)c2)=c2ccc3c(c2C1)CC=c1ccccc1=3. The molecule has 1 N–H and O–H groups in total. The summed E-state index contributed by atoms with van der Waals surface area (Å²) in [5, 5.41) is 8.20. The number of benzene rings is 3. The highest BCUT2D eigenvalue weighted by Crippen LogP contribution is 2.31. The Balaban J connectivity index is 1.79. The molecule has 0 bridgehead atoms. The van der Waals surface area contributed by atoms with E-state index in [1.54, 1.807) is 7.05 Å². The van der Waals surface area contributed by atoms with Gasteiger partial charge in [0.2, 0.25) is 5.91 Å². The minimum Gasteiger partial charge on any atom is -0.359 e. The topological polar surface area (TPSA) is 29.1 Å². The van der Waals surface area contributed by atoms with Crippen molar-refractivity contribution in [2.75, 3.05) is 7.05 Å². The highest BCUT2D eigenvalue weighted by Gasteiger charge is 2.25. The summed E-state index contributed by atoms with van der Waals surface area (Å²) < 4.78 is 0. The van der Waals surface area contributed by atoms with Crippen molar-refractivity contribution in [2.45, 2.75) is 32.6 Å². The first-order chi connectivity index (χ1) is 14.6. The summed E-state index contributed by atoms with van der Waals surface area (Å²) in [5.41, 5.74) is 6.83. The molecule has 2 aliphatic rings. The molecule has 1 unspecified atom stereocenters. The minimum atomic E-state index is 0.133. The minimum absolute atomic E-state index is 0.133. The molecule has 3 aromatic rings. The summed E-state index contributed by atoms with van der Waals surface area (Å²) in [4.78, 5) is 12.2. The van der Waals surface area contributed by atoms with Gasteiger partial charge in [0.15, 0.2) is 0 Å². The first kappa shape index (κ1) is 18.9. The Bertz CT molecular complexity index is 1370. The fourth-order valence-corrected chi connectivity index (χ4v) is 5.20. The van der Waals surface area contributed by atoms with Crippen molar-refractivity contribution in [3.05, 3.63) is 104 Å². The molecule has 2 aliphatic carbocycles. The van der Waals surface area contributed by atoms with E-state index in [9.17, 15) is 4.79 Å². The molecule has 0 aliphatic heterocycles. The molecule has 3 aromatic carbocycles. The molecule has 2 heteroatoms. The summed E-state index contributed by atoms with van der Waals surface area (Å²) in [6, 6.07) is 22.1. The predicted octanol–water partition coefficient (Wildman–Crippen LogP) is 3.52. The van der Waals surface area contributed by atoms with Gasteiger partial charge in [0.25, 0.3) is 0 Å². The van der Waals surface area contributed by atoms with Gasteiger partial charge >= 0.3 is 0 Å². The largest absolute Gasteiger partial charge is 0.359 e. The van der Waals surface area contributed by atoms with Crippen molar-refractivity contribution in [1.29, 1.82) is 0 Å². The number of carbonyl (C=O) groups is 1. The first-order valence-electron chi connectivity index (χ1n) is 10.8. The maximum absolute atomic E-state index is 12.2. The van der Waals surface area contributed by atoms with E-state index >= 15 is 0 Å². The van der Waals surface area contributed by atoms with E-state index in [4.69, 9.17) is 0 Å². The van der Waals surface area contributed by atoms with Gasteiger partial charge in [-0.15, -0.1) is 0 Å². The third-order valence-electron chi connectivity index (χ3n) is 6.64. The van der Waals surface area contributed by atoms with Crippen LogP contribution < -0.4 is 15.8 Å². The average molecular weight is 394 g/mol. The number of nitrogens with one attached hydrogen (secondary N) is 1. The van der Waals surface area contributed by atoms with Crippen LogP contribution in [0.4, 0.5) is 0 Å². The number of hydrogen-bond acceptors (Lipinski definition) is 1. The highest BCUT2D eigenvalue weighted by molar-refractivity contribution is 5.77. The van der Waals surface area contributed by atoms with Crippen LogP contribution in [0.2, 0.25) is 0 Å². The molecule has 150 valence electrons. The molecule has 0 heterocycles. The van der Waals surface area contributed by atoms with Gasteiger partial charge in [0, 0.05) is 13.5 Å². The van der Waals surface area contributed by atoms with Crippen LogP contribution in [0.1, 0.15) is 35.1 Å². The maximum atomic E-state index is 12.2. The van der Waals surface area contributed by atoms with Gasteiger partial charge in [-0.2, -0.15) is 0 Å². The van der Waals surface area contributed by atoms with E-state index in [2.05, 4.69) is 79.0 Å². The number of rotatable bonds is 3. The average Bonchev–Trinajstić information content (AvgIpc) is 2.78. The molecule has 1 atom stereocenters. The number of aryl methyl sites for hydroxylation is 1. The van der Waals surface area contributed by atoms with E-state index in [0.717, 1.165) is 19.3 Å². The normalized spacial score (nSPS) is 16.7. The second-order valence-electron chi connectivity index (χ2n) is 8.61. The molecule has 1 amide bonds. The van der Waals surface area contributed by atoms with Gasteiger partial charge < -0.3 is 5.32 Å². The molecule has 0 aromatic heterocycles. The van der Waals surface area contributed by atoms with Gasteiger partial charge in [0.05, 0.1) is 0 Å². The Morgan fingerprint density at radius 2 is 1.77 bits per heavy atom. The fraction of sp³-hybridized carbons (Fsp3) is 0.250. The zero-order valence-electron chi connectivity index (χ0n) is 17.7. The zero-order valence-corrected chi connectivity index (χ0v) is 17.7. The molecule has 0 spiro atoms. The summed E-state index contributed by atoms with van der Waals surface area (Å²) in [7, 11) is 1.73. The molecule has 5 rings (SSSR count). The lowest BCUT2D eigenvalue weighted by molar-refractivity contribution is -0.121. The summed E-state index contributed by atoms with van der Waals surface area (Å²) in [6.45, 7) is 2.15. The Hall–Kier alpha value is -3.13. The van der Waals surface area contributed by atoms with Crippen molar-refractivity contribution in [1.82, 2.24) is 5.32 Å². The van der Waals surface area contributed by atoms with Crippen molar-refractivity contribution in [2.24, 2.45) is 5.92 Å². The van der Waals surface area contributed by atoms with Gasteiger partial charge in [-0.05, 0) is 75.2 Å². The van der Waals surface area contributed by atoms with Crippen molar-refractivity contribution >= 4 is 17.6 Å². The molecular weight excluding hydrogens is 366 g/mol. The molecule has 30 heavy (non-hydrogen) atoms. The van der Waals surface area contributed by atoms with E-state index in [0.29, 0.717) is 12.3 Å². The van der Waals surface area contributed by atoms with Crippen LogP contribution in [0.5, 0.6) is 0 Å². The second kappa shape index (κ2) is 7.60. The summed E-state index contributed by atoms with van der Waals surface area (Å²) in [6.07, 6.45) is 5.81. The van der Waals surface area contributed by atoms with Crippen LogP contribution >= 0.6 is 0 Å². The summed E-state index contributed by atoms with van der Waals surface area (Å²) >= 11 is 0. The molecule has 0 radical (unpaired) electrons. The molecule has 0 fully saturated rings. The Morgan fingerprint density at radius 3 is 2.60 bits per heavy atom. The highest BCUT2D eigenvalue weighted by atomic mass is 16.1. The van der Waals surface area contributed by atoms with Crippen LogP contribution in [0, 0.1) is 23.3 Å². The molecule has 0 saturated carbocycles. The molecule has 0 saturated heterocycles. The zero-order chi connectivity index (χ0) is 20.7. The quantitative estimate of drug-likeness (QED) is 0.725. The van der Waals surface area contributed by atoms with E-state index in [1.165, 1.54) is 48.7 Å². The standard InChI is InChI=1S/C28H27NO/c1-18-6-5-8-21(14-18)26-15-19(17-28(30)29-2)16-27-24-11-10-20-7-3-4-9-22(20)23(24)12-13-25(26)27/h3-10,12-14,19H,11,15-17H2,1-2H3,(H,29,30). The summed E-state index contributed by atoms with van der Waals surface area (Å²) in [5.74, 6) is 0.463. The Morgan fingerprint density at radius 1 is 0.933 bits per heavy atom. The van der Waals surface area contributed by atoms with Gasteiger partial charge in [0.1, 0.15) is 0 Å². The van der Waals surface area contributed by atoms with Crippen LogP contribution in [0.25, 0.3) is 11.6 Å². The van der Waals surface area contributed by atoms with E-state index in [-0.39, 0.29) is 5.91 Å². The van der Waals surface area contributed by atoms with Crippen LogP contribution in [-0.2, 0) is 17.6 Å². The Kier molecular flexibility index (Phi) is 4.78. The Labute approximate surface area is 177 Å². The van der Waals surface area contributed by atoms with Crippen LogP contribution in [-0.4, -0.2) is 13.0 Å². The number of hydrogen-bond donors (Lipinski definition) is 1. The lowest BCUT2D eigenvalue weighted by Gasteiger charge is -2.27. The lowest BCUT2D eigenvalue weighted by atomic mass is 9.77. The monoisotopic (exact) mass is 393 g/mol. The van der Waals surface area contributed by atoms with E-state index in [1.807, 2.05) is 0 Å². The van der Waals surface area contributed by atoms with Crippen molar-refractivity contribution < 1.29 is 4.79 Å². The number of carbonyl (C=O) groups excluding carboxylic acids is 1. The van der Waals surface area contributed by atoms with Gasteiger partial charge in [-0.3, -0.25) is 4.79 Å². The van der Waals surface area contributed by atoms with Crippen molar-refractivity contribution in [3.8, 4) is 0 Å². The second-order valence-corrected chi connectivity index (χ2v) is 8.61. The predicted molar refractivity (Wildman–Crippen MR) is 122 cm³/mol. The molecular formula is C28H27NO. The lowest BCUT2D eigenvalue weighted by Crippen LogP contribution is -2.30. The van der Waals surface area contributed by atoms with Crippen LogP contribution in [0.15, 0.2) is 60.7 Å².